The van der Waals surface area contributed by atoms with Crippen molar-refractivity contribution < 1.29 is 18.1 Å². The van der Waals surface area contributed by atoms with Crippen LogP contribution in [0.15, 0.2) is 42.7 Å². The second-order valence-corrected chi connectivity index (χ2v) is 5.81. The van der Waals surface area contributed by atoms with E-state index >= 15 is 0 Å². The van der Waals surface area contributed by atoms with E-state index in [9.17, 15) is 23.3 Å². The third kappa shape index (κ3) is 3.22. The fraction of sp³-hybridized carbons (Fsp3) is 0.375. The summed E-state index contributed by atoms with van der Waals surface area (Å²) in [6.45, 7) is 1.13. The van der Waals surface area contributed by atoms with Crippen molar-refractivity contribution in [3.8, 4) is 0 Å². The van der Waals surface area contributed by atoms with Crippen molar-refractivity contribution in [2.45, 2.75) is 25.1 Å². The summed E-state index contributed by atoms with van der Waals surface area (Å²) in [5.74, 6) is 0. The second-order valence-electron chi connectivity index (χ2n) is 5.81. The van der Waals surface area contributed by atoms with Gasteiger partial charge in [-0.25, -0.2) is 0 Å². The van der Waals surface area contributed by atoms with E-state index in [1.54, 1.807) is 4.90 Å². The molecule has 24 heavy (non-hydrogen) atoms. The quantitative estimate of drug-likeness (QED) is 0.620. The lowest BCUT2D eigenvalue weighted by Gasteiger charge is -2.34. The molecule has 0 aliphatic carbocycles. The Kier molecular flexibility index (Phi) is 4.21. The summed E-state index contributed by atoms with van der Waals surface area (Å²) in [4.78, 5) is 12.2. The molecule has 1 aromatic heterocycles. The minimum Gasteiger partial charge on any atom is -0.366 e. The average Bonchev–Trinajstić information content (AvgIpc) is 3.08. The number of benzene rings is 1. The van der Waals surface area contributed by atoms with E-state index in [0.29, 0.717) is 25.2 Å². The Labute approximate surface area is 136 Å². The Balaban J connectivity index is 1.81. The number of nitrogens with zero attached hydrogens (tertiary/aromatic N) is 3. The van der Waals surface area contributed by atoms with E-state index in [0.717, 1.165) is 18.9 Å². The van der Waals surface area contributed by atoms with Gasteiger partial charge >= 0.3 is 6.18 Å². The van der Waals surface area contributed by atoms with Gasteiger partial charge in [-0.15, -0.1) is 0 Å². The number of nitro groups is 1. The molecule has 1 fully saturated rings. The molecule has 2 heterocycles. The van der Waals surface area contributed by atoms with Crippen LogP contribution >= 0.6 is 0 Å². The van der Waals surface area contributed by atoms with Gasteiger partial charge in [0.1, 0.15) is 5.69 Å². The van der Waals surface area contributed by atoms with Gasteiger partial charge in [-0.1, -0.05) is 0 Å². The number of halogens is 3. The highest BCUT2D eigenvalue weighted by Gasteiger charge is 2.34. The van der Waals surface area contributed by atoms with Crippen LogP contribution in [0, 0.1) is 10.1 Å². The second kappa shape index (κ2) is 6.18. The van der Waals surface area contributed by atoms with Gasteiger partial charge in [-0.05, 0) is 37.1 Å². The molecule has 0 unspecified atom stereocenters. The number of hydrogen-bond donors (Lipinski definition) is 0. The number of nitro benzene ring substituents is 1. The third-order valence-corrected chi connectivity index (χ3v) is 4.35. The third-order valence-electron chi connectivity index (χ3n) is 4.35. The van der Waals surface area contributed by atoms with Crippen LogP contribution in [0.5, 0.6) is 0 Å². The smallest absolute Gasteiger partial charge is 0.366 e. The Morgan fingerprint density at radius 1 is 1.12 bits per heavy atom. The molecule has 0 radical (unpaired) electrons. The molecule has 5 nitrogen and oxygen atoms in total. The van der Waals surface area contributed by atoms with Crippen molar-refractivity contribution in [3.63, 3.8) is 0 Å². The van der Waals surface area contributed by atoms with Crippen LogP contribution in [0.2, 0.25) is 0 Å². The number of anilines is 1. The number of hydrogen-bond acceptors (Lipinski definition) is 3. The average molecular weight is 339 g/mol. The van der Waals surface area contributed by atoms with Gasteiger partial charge in [-0.3, -0.25) is 10.1 Å². The van der Waals surface area contributed by atoms with Crippen LogP contribution in [0.25, 0.3) is 0 Å². The largest absolute Gasteiger partial charge is 0.416 e. The van der Waals surface area contributed by atoms with E-state index in [1.165, 1.54) is 6.07 Å². The van der Waals surface area contributed by atoms with Crippen LogP contribution in [-0.2, 0) is 6.18 Å². The van der Waals surface area contributed by atoms with Crippen LogP contribution in [-0.4, -0.2) is 22.6 Å². The topological polar surface area (TPSA) is 51.3 Å². The standard InChI is InChI=1S/C16H16F3N3O2/c17-16(18,19)12-3-4-14(15(11-12)22(23)24)21-9-5-13(6-10-21)20-7-1-2-8-20/h1-4,7-8,11,13H,5-6,9-10H2. The van der Waals surface area contributed by atoms with Gasteiger partial charge in [-0.2, -0.15) is 13.2 Å². The minimum atomic E-state index is -4.59. The SMILES string of the molecule is O=[N+]([O-])c1cc(C(F)(F)F)ccc1N1CCC(n2cccc2)CC1. The van der Waals surface area contributed by atoms with Crippen molar-refractivity contribution in [2.75, 3.05) is 18.0 Å². The molecule has 0 amide bonds. The van der Waals surface area contributed by atoms with Crippen LogP contribution in [0.3, 0.4) is 0 Å². The molecule has 3 rings (SSSR count). The first kappa shape index (κ1) is 16.4. The summed E-state index contributed by atoms with van der Waals surface area (Å²) in [7, 11) is 0. The summed E-state index contributed by atoms with van der Waals surface area (Å²) in [5.41, 5.74) is -1.25. The summed E-state index contributed by atoms with van der Waals surface area (Å²) < 4.78 is 40.4. The maximum atomic E-state index is 12.8. The number of aromatic nitrogens is 1. The van der Waals surface area contributed by atoms with Gasteiger partial charge in [0.05, 0.1) is 10.5 Å². The molecule has 1 aromatic carbocycles. The van der Waals surface area contributed by atoms with E-state index < -0.39 is 22.4 Å². The Morgan fingerprint density at radius 3 is 2.29 bits per heavy atom. The van der Waals surface area contributed by atoms with Crippen LogP contribution in [0.4, 0.5) is 24.5 Å². The maximum absolute atomic E-state index is 12.8. The lowest BCUT2D eigenvalue weighted by molar-refractivity contribution is -0.384. The first-order valence-corrected chi connectivity index (χ1v) is 7.59. The van der Waals surface area contributed by atoms with Crippen molar-refractivity contribution >= 4 is 11.4 Å². The predicted octanol–water partition coefficient (Wildman–Crippen LogP) is 4.26. The van der Waals surface area contributed by atoms with Gasteiger partial charge < -0.3 is 9.47 Å². The molecule has 0 spiro atoms. The van der Waals surface area contributed by atoms with E-state index in [4.69, 9.17) is 0 Å². The zero-order chi connectivity index (χ0) is 17.3. The molecule has 2 aromatic rings. The van der Waals surface area contributed by atoms with Gasteiger partial charge in [0.2, 0.25) is 0 Å². The Bertz CT molecular complexity index is 721. The van der Waals surface area contributed by atoms with E-state index in [2.05, 4.69) is 4.57 Å². The molecule has 1 saturated heterocycles. The minimum absolute atomic E-state index is 0.249. The van der Waals surface area contributed by atoms with Crippen molar-refractivity contribution in [3.05, 3.63) is 58.4 Å². The van der Waals surface area contributed by atoms with Crippen LogP contribution in [0.1, 0.15) is 24.4 Å². The highest BCUT2D eigenvalue weighted by atomic mass is 19.4. The van der Waals surface area contributed by atoms with Gasteiger partial charge in [0.25, 0.3) is 5.69 Å². The molecule has 128 valence electrons. The molecule has 0 atom stereocenters. The van der Waals surface area contributed by atoms with E-state index in [-0.39, 0.29) is 5.69 Å². The lowest BCUT2D eigenvalue weighted by atomic mass is 10.0. The molecule has 8 heteroatoms. The highest BCUT2D eigenvalue weighted by Crippen LogP contribution is 2.38. The van der Waals surface area contributed by atoms with Crippen LogP contribution < -0.4 is 4.90 Å². The maximum Gasteiger partial charge on any atom is 0.416 e. The molecule has 0 bridgehead atoms. The highest BCUT2D eigenvalue weighted by molar-refractivity contribution is 5.64. The molecular formula is C16H16F3N3O2. The first-order valence-electron chi connectivity index (χ1n) is 7.59. The Hall–Kier alpha value is -2.51. The van der Waals surface area contributed by atoms with Crippen molar-refractivity contribution in [1.82, 2.24) is 4.57 Å². The zero-order valence-electron chi connectivity index (χ0n) is 12.7. The van der Waals surface area contributed by atoms with Crippen molar-refractivity contribution in [2.24, 2.45) is 0 Å². The molecule has 1 aliphatic rings. The summed E-state index contributed by atoms with van der Waals surface area (Å²) in [5, 5.41) is 11.2. The molecule has 1 aliphatic heterocycles. The zero-order valence-corrected chi connectivity index (χ0v) is 12.7. The summed E-state index contributed by atoms with van der Waals surface area (Å²) in [6.07, 6.45) is 0.923. The molecular weight excluding hydrogens is 323 g/mol. The van der Waals surface area contributed by atoms with Gasteiger partial charge in [0, 0.05) is 37.6 Å². The van der Waals surface area contributed by atoms with E-state index in [1.807, 2.05) is 24.5 Å². The summed E-state index contributed by atoms with van der Waals surface area (Å²) >= 11 is 0. The number of rotatable bonds is 3. The van der Waals surface area contributed by atoms with Crippen molar-refractivity contribution in [1.29, 1.82) is 0 Å². The number of piperidine rings is 1. The normalized spacial score (nSPS) is 16.4. The number of alkyl halides is 3. The lowest BCUT2D eigenvalue weighted by Crippen LogP contribution is -2.34. The monoisotopic (exact) mass is 339 g/mol. The molecule has 0 N–H and O–H groups in total. The fourth-order valence-electron chi connectivity index (χ4n) is 3.11. The predicted molar refractivity (Wildman–Crippen MR) is 83.0 cm³/mol. The van der Waals surface area contributed by atoms with Gasteiger partial charge in [0.15, 0.2) is 0 Å². The molecule has 0 saturated carbocycles. The summed E-state index contributed by atoms with van der Waals surface area (Å²) in [6, 6.07) is 6.91. The fourth-order valence-corrected chi connectivity index (χ4v) is 3.11. The first-order chi connectivity index (χ1) is 11.4. The Morgan fingerprint density at radius 2 is 1.75 bits per heavy atom.